The largest absolute Gasteiger partial charge is 0.376 e. The number of imide groups is 1. The van der Waals surface area contributed by atoms with Crippen molar-refractivity contribution in [3.05, 3.63) is 89.4 Å². The second kappa shape index (κ2) is 18.2. The van der Waals surface area contributed by atoms with E-state index < -0.39 is 11.9 Å². The highest BCUT2D eigenvalue weighted by molar-refractivity contribution is 6.06. The van der Waals surface area contributed by atoms with Crippen molar-refractivity contribution in [2.45, 2.75) is 57.5 Å². The molecule has 0 aliphatic carbocycles. The molecule has 0 bridgehead atoms. The van der Waals surface area contributed by atoms with Crippen LogP contribution in [0.4, 0.5) is 11.5 Å². The van der Waals surface area contributed by atoms with E-state index in [1.54, 1.807) is 41.7 Å². The number of pyridine rings is 2. The molecular weight excluding hydrogens is 727 g/mol. The molecule has 298 valence electrons. The van der Waals surface area contributed by atoms with Gasteiger partial charge in [-0.1, -0.05) is 25.0 Å². The molecule has 1 atom stereocenters. The molecule has 3 N–H and O–H groups in total. The molecule has 6 heterocycles. The van der Waals surface area contributed by atoms with Gasteiger partial charge in [-0.25, -0.2) is 4.98 Å². The Labute approximate surface area is 331 Å². The van der Waals surface area contributed by atoms with E-state index >= 15 is 0 Å². The number of benzene rings is 1. The molecule has 57 heavy (non-hydrogen) atoms. The highest BCUT2D eigenvalue weighted by Crippen LogP contribution is 2.32. The van der Waals surface area contributed by atoms with Crippen molar-refractivity contribution in [2.75, 3.05) is 62.6 Å². The van der Waals surface area contributed by atoms with Gasteiger partial charge in [0.15, 0.2) is 0 Å². The van der Waals surface area contributed by atoms with Crippen LogP contribution in [0.3, 0.4) is 0 Å². The van der Waals surface area contributed by atoms with Gasteiger partial charge in [-0.05, 0) is 73.6 Å². The maximum absolute atomic E-state index is 13.3. The van der Waals surface area contributed by atoms with E-state index in [9.17, 15) is 28.8 Å². The van der Waals surface area contributed by atoms with Crippen molar-refractivity contribution in [3.63, 3.8) is 0 Å². The number of anilines is 2. The lowest BCUT2D eigenvalue weighted by Crippen LogP contribution is -2.52. The SMILES string of the molecule is O=C(/C=C/c1cccnc1)NCCCCC1CCN(C(=O)c2ccc(N3CCN(C(=O)CNc4cccc5c4CN(C4CCC(=O)NC4=O)C5=O)CC3)nc2)CC1. The van der Waals surface area contributed by atoms with E-state index in [-0.39, 0.29) is 55.5 Å². The Morgan fingerprint density at radius 1 is 0.877 bits per heavy atom. The minimum atomic E-state index is -0.702. The molecule has 3 saturated heterocycles. The van der Waals surface area contributed by atoms with Crippen LogP contribution in [0.1, 0.15) is 76.8 Å². The molecule has 15 heteroatoms. The van der Waals surface area contributed by atoms with Gasteiger partial charge in [-0.2, -0.15) is 0 Å². The van der Waals surface area contributed by atoms with Crippen molar-refractivity contribution in [1.82, 2.24) is 35.3 Å². The predicted octanol–water partition coefficient (Wildman–Crippen LogP) is 2.85. The van der Waals surface area contributed by atoms with Gasteiger partial charge in [-0.3, -0.25) is 39.1 Å². The van der Waals surface area contributed by atoms with Crippen LogP contribution >= 0.6 is 0 Å². The van der Waals surface area contributed by atoms with Crippen LogP contribution in [0, 0.1) is 5.92 Å². The Kier molecular flexibility index (Phi) is 12.5. The molecule has 3 aromatic rings. The Hall–Kier alpha value is -6.12. The van der Waals surface area contributed by atoms with Crippen LogP contribution in [0.15, 0.2) is 67.1 Å². The van der Waals surface area contributed by atoms with Crippen LogP contribution in [0.2, 0.25) is 0 Å². The van der Waals surface area contributed by atoms with Crippen molar-refractivity contribution in [2.24, 2.45) is 5.92 Å². The smallest absolute Gasteiger partial charge is 0.255 e. The fourth-order valence-corrected chi connectivity index (χ4v) is 8.00. The van der Waals surface area contributed by atoms with Crippen molar-refractivity contribution >= 4 is 53.0 Å². The highest BCUT2D eigenvalue weighted by atomic mass is 16.2. The fourth-order valence-electron chi connectivity index (χ4n) is 8.00. The van der Waals surface area contributed by atoms with Gasteiger partial charge in [0, 0.05) is 100 Å². The Morgan fingerprint density at radius 2 is 1.70 bits per heavy atom. The number of piperazine rings is 1. The number of carbonyl (C=O) groups excluding carboxylic acids is 6. The minimum absolute atomic E-state index is 0.00503. The molecule has 0 saturated carbocycles. The summed E-state index contributed by atoms with van der Waals surface area (Å²) in [5, 5.41) is 8.48. The quantitative estimate of drug-likeness (QED) is 0.133. The number of fused-ring (bicyclic) bond motifs is 1. The first-order chi connectivity index (χ1) is 27.7. The fraction of sp³-hybridized carbons (Fsp3) is 0.429. The average molecular weight is 776 g/mol. The minimum Gasteiger partial charge on any atom is -0.376 e. The molecule has 0 spiro atoms. The van der Waals surface area contributed by atoms with Gasteiger partial charge in [0.2, 0.25) is 23.6 Å². The number of carbonyl (C=O) groups is 6. The predicted molar refractivity (Wildman–Crippen MR) is 213 cm³/mol. The number of nitrogens with one attached hydrogen (secondary N) is 3. The Balaban J connectivity index is 0.795. The standard InChI is InChI=1S/C42H49N9O6/c52-37(13-9-30-6-4-17-43-25-30)44-18-2-1-5-29-15-19-50(20-16-29)41(56)31-10-12-36(46-26-31)48-21-23-49(24-22-48)39(54)27-45-34-8-3-7-32-33(34)28-51(42(32)57)35-11-14-38(53)47-40(35)55/h3-4,6-10,12-13,17,25-26,29,35,45H,1-2,5,11,14-16,18-24,27-28H2,(H,44,52)(H,47,53,55)/b13-9+. The van der Waals surface area contributed by atoms with E-state index in [0.29, 0.717) is 55.5 Å². The van der Waals surface area contributed by atoms with Crippen LogP contribution in [0.5, 0.6) is 0 Å². The number of amides is 6. The monoisotopic (exact) mass is 775 g/mol. The topological polar surface area (TPSA) is 177 Å². The summed E-state index contributed by atoms with van der Waals surface area (Å²) < 4.78 is 0. The molecule has 4 aliphatic rings. The van der Waals surface area contributed by atoms with Crippen molar-refractivity contribution in [3.8, 4) is 0 Å². The Bertz CT molecular complexity index is 1990. The first-order valence-corrected chi connectivity index (χ1v) is 19.9. The summed E-state index contributed by atoms with van der Waals surface area (Å²) in [6, 6.07) is 12.0. The maximum Gasteiger partial charge on any atom is 0.255 e. The second-order valence-corrected chi connectivity index (χ2v) is 15.0. The molecular formula is C42H49N9O6. The lowest BCUT2D eigenvalue weighted by Gasteiger charge is -2.35. The maximum atomic E-state index is 13.3. The molecule has 1 unspecified atom stereocenters. The van der Waals surface area contributed by atoms with E-state index in [4.69, 9.17) is 0 Å². The van der Waals surface area contributed by atoms with Gasteiger partial charge in [0.05, 0.1) is 12.1 Å². The average Bonchev–Trinajstić information content (AvgIpc) is 3.58. The zero-order valence-corrected chi connectivity index (χ0v) is 32.0. The summed E-state index contributed by atoms with van der Waals surface area (Å²) in [5.41, 5.74) is 3.35. The van der Waals surface area contributed by atoms with Crippen LogP contribution in [0.25, 0.3) is 6.08 Å². The summed E-state index contributed by atoms with van der Waals surface area (Å²) >= 11 is 0. The molecule has 15 nitrogen and oxygen atoms in total. The number of hydrogen-bond donors (Lipinski definition) is 3. The number of piperidine rings is 2. The second-order valence-electron chi connectivity index (χ2n) is 15.0. The highest BCUT2D eigenvalue weighted by Gasteiger charge is 2.40. The molecule has 1 aromatic carbocycles. The van der Waals surface area contributed by atoms with Crippen LogP contribution < -0.4 is 20.9 Å². The normalized spacial score (nSPS) is 18.8. The van der Waals surface area contributed by atoms with Gasteiger partial charge < -0.3 is 30.2 Å². The van der Waals surface area contributed by atoms with Crippen molar-refractivity contribution < 1.29 is 28.8 Å². The summed E-state index contributed by atoms with van der Waals surface area (Å²) in [4.78, 5) is 91.8. The molecule has 0 radical (unpaired) electrons. The number of nitrogens with zero attached hydrogens (tertiary/aromatic N) is 6. The van der Waals surface area contributed by atoms with E-state index in [1.807, 2.05) is 35.2 Å². The molecule has 2 aromatic heterocycles. The zero-order valence-electron chi connectivity index (χ0n) is 32.0. The first kappa shape index (κ1) is 39.1. The molecule has 6 amide bonds. The summed E-state index contributed by atoms with van der Waals surface area (Å²) in [5.74, 6) is 0.110. The van der Waals surface area contributed by atoms with E-state index in [0.717, 1.165) is 62.1 Å². The summed E-state index contributed by atoms with van der Waals surface area (Å²) in [6.07, 6.45) is 13.8. The molecule has 7 rings (SSSR count). The van der Waals surface area contributed by atoms with Gasteiger partial charge in [0.1, 0.15) is 11.9 Å². The van der Waals surface area contributed by atoms with Gasteiger partial charge in [0.25, 0.3) is 11.8 Å². The van der Waals surface area contributed by atoms with Gasteiger partial charge >= 0.3 is 0 Å². The van der Waals surface area contributed by atoms with Crippen LogP contribution in [-0.4, -0.2) is 119 Å². The van der Waals surface area contributed by atoms with Crippen molar-refractivity contribution in [1.29, 1.82) is 0 Å². The third kappa shape index (κ3) is 9.65. The van der Waals surface area contributed by atoms with Gasteiger partial charge in [-0.15, -0.1) is 0 Å². The van der Waals surface area contributed by atoms with E-state index in [2.05, 4.69) is 30.8 Å². The third-order valence-corrected chi connectivity index (χ3v) is 11.3. The summed E-state index contributed by atoms with van der Waals surface area (Å²) in [6.45, 7) is 4.61. The third-order valence-electron chi connectivity index (χ3n) is 11.3. The summed E-state index contributed by atoms with van der Waals surface area (Å²) in [7, 11) is 0. The Morgan fingerprint density at radius 3 is 2.44 bits per heavy atom. The first-order valence-electron chi connectivity index (χ1n) is 19.9. The van der Waals surface area contributed by atoms with E-state index in [1.165, 1.54) is 11.0 Å². The zero-order chi connectivity index (χ0) is 39.7. The number of rotatable bonds is 13. The number of hydrogen-bond acceptors (Lipinski definition) is 10. The lowest BCUT2D eigenvalue weighted by atomic mass is 9.91. The number of likely N-dealkylation sites (tertiary alicyclic amines) is 1. The molecule has 3 fully saturated rings. The molecule has 4 aliphatic heterocycles. The van der Waals surface area contributed by atoms with Crippen LogP contribution in [-0.2, 0) is 25.7 Å². The lowest BCUT2D eigenvalue weighted by molar-refractivity contribution is -0.137. The number of unbranched alkanes of at least 4 members (excludes halogenated alkanes) is 1. The number of aromatic nitrogens is 2.